The highest BCUT2D eigenvalue weighted by atomic mass is 32.1. The summed E-state index contributed by atoms with van der Waals surface area (Å²) in [7, 11) is 0. The Morgan fingerprint density at radius 2 is 2.19 bits per heavy atom. The van der Waals surface area contributed by atoms with Crippen molar-refractivity contribution >= 4 is 11.3 Å². The van der Waals surface area contributed by atoms with Gasteiger partial charge in [0.15, 0.2) is 0 Å². The molecule has 0 radical (unpaired) electrons. The van der Waals surface area contributed by atoms with E-state index in [1.54, 1.807) is 11.3 Å². The van der Waals surface area contributed by atoms with Crippen molar-refractivity contribution < 1.29 is 0 Å². The standard InChI is InChI=1S/C17H22N2OS/c1-2-3-10-18-12-13-6-9-15(16-5-4-11-21-16)19(17(13)20)14-7-8-14/h4-6,9,11,14,18H,2-3,7-8,10,12H2,1H3. The van der Waals surface area contributed by atoms with Gasteiger partial charge in [0.25, 0.3) is 5.56 Å². The minimum Gasteiger partial charge on any atom is -0.312 e. The van der Waals surface area contributed by atoms with Crippen molar-refractivity contribution in [3.05, 3.63) is 45.6 Å². The maximum atomic E-state index is 12.8. The molecule has 3 rings (SSSR count). The number of hydrogen-bond acceptors (Lipinski definition) is 3. The van der Waals surface area contributed by atoms with E-state index in [0.717, 1.165) is 37.1 Å². The predicted molar refractivity (Wildman–Crippen MR) is 88.9 cm³/mol. The molecule has 4 heteroatoms. The number of rotatable bonds is 7. The lowest BCUT2D eigenvalue weighted by molar-refractivity contribution is 0.626. The molecule has 0 saturated heterocycles. The number of aromatic nitrogens is 1. The zero-order valence-corrected chi connectivity index (χ0v) is 13.3. The second-order valence-electron chi connectivity index (χ2n) is 5.66. The van der Waals surface area contributed by atoms with Gasteiger partial charge in [-0.3, -0.25) is 4.79 Å². The molecule has 1 saturated carbocycles. The monoisotopic (exact) mass is 302 g/mol. The first-order valence-electron chi connectivity index (χ1n) is 7.80. The number of hydrogen-bond donors (Lipinski definition) is 1. The number of thiophene rings is 1. The first kappa shape index (κ1) is 14.5. The third-order valence-electron chi connectivity index (χ3n) is 3.90. The van der Waals surface area contributed by atoms with Crippen LogP contribution in [0.2, 0.25) is 0 Å². The smallest absolute Gasteiger partial charge is 0.255 e. The summed E-state index contributed by atoms with van der Waals surface area (Å²) >= 11 is 1.70. The molecule has 1 aliphatic rings. The van der Waals surface area contributed by atoms with E-state index in [-0.39, 0.29) is 5.56 Å². The van der Waals surface area contributed by atoms with Crippen LogP contribution in [-0.2, 0) is 6.54 Å². The zero-order chi connectivity index (χ0) is 14.7. The third kappa shape index (κ3) is 3.27. The Labute approximate surface area is 129 Å². The number of nitrogens with one attached hydrogen (secondary N) is 1. The Kier molecular flexibility index (Phi) is 4.56. The van der Waals surface area contributed by atoms with Gasteiger partial charge in [-0.05, 0) is 43.3 Å². The molecule has 0 aromatic carbocycles. The highest BCUT2D eigenvalue weighted by Gasteiger charge is 2.28. The topological polar surface area (TPSA) is 34.0 Å². The van der Waals surface area contributed by atoms with Crippen molar-refractivity contribution in [2.75, 3.05) is 6.54 Å². The maximum Gasteiger partial charge on any atom is 0.255 e. The van der Waals surface area contributed by atoms with Crippen molar-refractivity contribution in [1.82, 2.24) is 9.88 Å². The highest BCUT2D eigenvalue weighted by molar-refractivity contribution is 7.13. The van der Waals surface area contributed by atoms with Gasteiger partial charge in [-0.2, -0.15) is 0 Å². The summed E-state index contributed by atoms with van der Waals surface area (Å²) in [5, 5.41) is 5.44. The quantitative estimate of drug-likeness (QED) is 0.789. The van der Waals surface area contributed by atoms with Crippen molar-refractivity contribution in [1.29, 1.82) is 0 Å². The van der Waals surface area contributed by atoms with Crippen molar-refractivity contribution in [3.8, 4) is 10.6 Å². The van der Waals surface area contributed by atoms with E-state index in [2.05, 4.69) is 29.8 Å². The predicted octanol–water partition coefficient (Wildman–Crippen LogP) is 3.80. The lowest BCUT2D eigenvalue weighted by Gasteiger charge is -2.13. The number of nitrogens with zero attached hydrogens (tertiary/aromatic N) is 1. The first-order chi connectivity index (χ1) is 10.3. The Hall–Kier alpha value is -1.39. The van der Waals surface area contributed by atoms with Crippen LogP contribution in [-0.4, -0.2) is 11.1 Å². The molecule has 1 fully saturated rings. The van der Waals surface area contributed by atoms with Gasteiger partial charge in [0.05, 0.1) is 10.6 Å². The van der Waals surface area contributed by atoms with Crippen LogP contribution in [0.1, 0.15) is 44.2 Å². The normalized spacial score (nSPS) is 14.5. The van der Waals surface area contributed by atoms with E-state index in [1.165, 1.54) is 11.3 Å². The first-order valence-corrected chi connectivity index (χ1v) is 8.68. The molecule has 0 aliphatic heterocycles. The summed E-state index contributed by atoms with van der Waals surface area (Å²) in [6.07, 6.45) is 4.59. The van der Waals surface area contributed by atoms with Gasteiger partial charge >= 0.3 is 0 Å². The van der Waals surface area contributed by atoms with Gasteiger partial charge in [0, 0.05) is 18.2 Å². The average Bonchev–Trinajstić information content (AvgIpc) is 3.18. The van der Waals surface area contributed by atoms with Crippen molar-refractivity contribution in [3.63, 3.8) is 0 Å². The van der Waals surface area contributed by atoms with Crippen LogP contribution >= 0.6 is 11.3 Å². The summed E-state index contributed by atoms with van der Waals surface area (Å²) in [6, 6.07) is 8.65. The molecule has 0 bridgehead atoms. The van der Waals surface area contributed by atoms with Crippen LogP contribution < -0.4 is 10.9 Å². The van der Waals surface area contributed by atoms with Crippen LogP contribution in [0.5, 0.6) is 0 Å². The van der Waals surface area contributed by atoms with Gasteiger partial charge < -0.3 is 9.88 Å². The Balaban J connectivity index is 1.87. The van der Waals surface area contributed by atoms with E-state index in [1.807, 2.05) is 16.7 Å². The van der Waals surface area contributed by atoms with Crippen LogP contribution in [0.15, 0.2) is 34.4 Å². The molecular formula is C17H22N2OS. The maximum absolute atomic E-state index is 12.8. The Morgan fingerprint density at radius 1 is 1.33 bits per heavy atom. The Morgan fingerprint density at radius 3 is 2.86 bits per heavy atom. The van der Waals surface area contributed by atoms with E-state index in [4.69, 9.17) is 0 Å². The average molecular weight is 302 g/mol. The van der Waals surface area contributed by atoms with E-state index < -0.39 is 0 Å². The van der Waals surface area contributed by atoms with Crippen molar-refractivity contribution in [2.24, 2.45) is 0 Å². The molecule has 21 heavy (non-hydrogen) atoms. The summed E-state index contributed by atoms with van der Waals surface area (Å²) in [6.45, 7) is 3.83. The second kappa shape index (κ2) is 6.58. The van der Waals surface area contributed by atoms with E-state index >= 15 is 0 Å². The van der Waals surface area contributed by atoms with E-state index in [0.29, 0.717) is 12.6 Å². The van der Waals surface area contributed by atoms with Crippen LogP contribution in [0.4, 0.5) is 0 Å². The minimum absolute atomic E-state index is 0.187. The fourth-order valence-corrected chi connectivity index (χ4v) is 3.32. The lowest BCUT2D eigenvalue weighted by atomic mass is 10.2. The molecule has 112 valence electrons. The third-order valence-corrected chi connectivity index (χ3v) is 4.80. The molecule has 2 heterocycles. The molecule has 0 atom stereocenters. The van der Waals surface area contributed by atoms with Crippen LogP contribution in [0.25, 0.3) is 10.6 Å². The molecule has 1 N–H and O–H groups in total. The van der Waals surface area contributed by atoms with Crippen LogP contribution in [0, 0.1) is 0 Å². The molecule has 0 unspecified atom stereocenters. The second-order valence-corrected chi connectivity index (χ2v) is 6.61. The molecule has 0 amide bonds. The minimum atomic E-state index is 0.187. The molecule has 2 aromatic heterocycles. The fraction of sp³-hybridized carbons (Fsp3) is 0.471. The summed E-state index contributed by atoms with van der Waals surface area (Å²) in [4.78, 5) is 13.9. The van der Waals surface area contributed by atoms with Crippen LogP contribution in [0.3, 0.4) is 0 Å². The van der Waals surface area contributed by atoms with Gasteiger partial charge in [-0.15, -0.1) is 11.3 Å². The Bertz CT molecular complexity index is 641. The fourth-order valence-electron chi connectivity index (χ4n) is 2.58. The highest BCUT2D eigenvalue weighted by Crippen LogP contribution is 2.38. The molecule has 2 aromatic rings. The van der Waals surface area contributed by atoms with Crippen molar-refractivity contribution in [2.45, 2.75) is 45.2 Å². The summed E-state index contributed by atoms with van der Waals surface area (Å²) in [5.74, 6) is 0. The van der Waals surface area contributed by atoms with Gasteiger partial charge in [-0.25, -0.2) is 0 Å². The van der Waals surface area contributed by atoms with Gasteiger partial charge in [0.1, 0.15) is 0 Å². The van der Waals surface area contributed by atoms with Gasteiger partial charge in [-0.1, -0.05) is 25.5 Å². The zero-order valence-electron chi connectivity index (χ0n) is 12.5. The SMILES string of the molecule is CCCCNCc1ccc(-c2cccs2)n(C2CC2)c1=O. The largest absolute Gasteiger partial charge is 0.312 e. The molecule has 0 spiro atoms. The molecule has 1 aliphatic carbocycles. The molecule has 3 nitrogen and oxygen atoms in total. The number of unbranched alkanes of at least 4 members (excludes halogenated alkanes) is 1. The number of pyridine rings is 1. The van der Waals surface area contributed by atoms with E-state index in [9.17, 15) is 4.79 Å². The lowest BCUT2D eigenvalue weighted by Crippen LogP contribution is -2.28. The molecular weight excluding hydrogens is 280 g/mol. The summed E-state index contributed by atoms with van der Waals surface area (Å²) < 4.78 is 2.02. The summed E-state index contributed by atoms with van der Waals surface area (Å²) in [5.41, 5.74) is 2.15. The van der Waals surface area contributed by atoms with Gasteiger partial charge in [0.2, 0.25) is 0 Å².